The van der Waals surface area contributed by atoms with Crippen LogP contribution in [0.5, 0.6) is 11.5 Å². The van der Waals surface area contributed by atoms with Crippen LogP contribution >= 0.6 is 0 Å². The molecule has 19 heavy (non-hydrogen) atoms. The van der Waals surface area contributed by atoms with E-state index in [4.69, 9.17) is 14.6 Å². The summed E-state index contributed by atoms with van der Waals surface area (Å²) < 4.78 is 11.0. The van der Waals surface area contributed by atoms with Crippen LogP contribution in [0.3, 0.4) is 0 Å². The minimum Gasteiger partial charge on any atom is -0.497 e. The number of aliphatic hydroxyl groups is 1. The van der Waals surface area contributed by atoms with Gasteiger partial charge in [-0.25, -0.2) is 0 Å². The second-order valence-electron chi connectivity index (χ2n) is 4.26. The van der Waals surface area contributed by atoms with Crippen LogP contribution in [-0.4, -0.2) is 25.4 Å². The van der Waals surface area contributed by atoms with Gasteiger partial charge in [-0.15, -0.1) is 0 Å². The first-order chi connectivity index (χ1) is 9.19. The summed E-state index contributed by atoms with van der Waals surface area (Å²) in [7, 11) is 1.66. The van der Waals surface area contributed by atoms with Crippen LogP contribution in [0.4, 0.5) is 0 Å². The van der Waals surface area contributed by atoms with Crippen LogP contribution in [0.2, 0.25) is 0 Å². The average Bonchev–Trinajstić information content (AvgIpc) is 2.40. The Morgan fingerprint density at radius 1 is 1.05 bits per heavy atom. The van der Waals surface area contributed by atoms with Crippen molar-refractivity contribution in [2.75, 3.05) is 20.3 Å². The van der Waals surface area contributed by atoms with E-state index in [0.29, 0.717) is 6.61 Å². The van der Waals surface area contributed by atoms with Crippen LogP contribution in [0.15, 0.2) is 36.4 Å². The van der Waals surface area contributed by atoms with Crippen molar-refractivity contribution >= 4 is 0 Å². The Morgan fingerprint density at radius 2 is 1.68 bits per heavy atom. The topological polar surface area (TPSA) is 38.7 Å². The molecule has 1 rings (SSSR count). The summed E-state index contributed by atoms with van der Waals surface area (Å²) in [4.78, 5) is 0. The molecule has 0 spiro atoms. The van der Waals surface area contributed by atoms with Crippen molar-refractivity contribution in [3.63, 3.8) is 0 Å². The number of hydrogen-bond donors (Lipinski definition) is 1. The maximum Gasteiger partial charge on any atom is 0.125 e. The van der Waals surface area contributed by atoms with Crippen LogP contribution in [0, 0.1) is 13.8 Å². The largest absolute Gasteiger partial charge is 0.497 e. The first-order valence-electron chi connectivity index (χ1n) is 6.38. The van der Waals surface area contributed by atoms with Crippen LogP contribution in [0.25, 0.3) is 0 Å². The molecular weight excluding hydrogens is 240 g/mol. The first kappa shape index (κ1) is 15.3. The van der Waals surface area contributed by atoms with Crippen LogP contribution in [-0.2, 0) is 0 Å². The Morgan fingerprint density at radius 3 is 2.26 bits per heavy atom. The van der Waals surface area contributed by atoms with Crippen molar-refractivity contribution in [2.24, 2.45) is 0 Å². The van der Waals surface area contributed by atoms with Gasteiger partial charge in [-0.1, -0.05) is 24.3 Å². The quantitative estimate of drug-likeness (QED) is 0.767. The standard InChI is InChI=1S/C16H22O3/c1-13-11-15(18-3)12-14(2)16(13)19-10-8-6-4-5-7-9-17/h5-8,11-12,17H,4,9-10H2,1-3H3/b7-5+,8-6+. The Bertz CT molecular complexity index is 424. The molecule has 1 N–H and O–H groups in total. The molecule has 0 atom stereocenters. The third-order valence-corrected chi connectivity index (χ3v) is 2.70. The number of ether oxygens (including phenoxy) is 2. The number of aryl methyl sites for hydroxylation is 2. The third-order valence-electron chi connectivity index (χ3n) is 2.70. The first-order valence-corrected chi connectivity index (χ1v) is 6.38. The van der Waals surface area contributed by atoms with Crippen molar-refractivity contribution in [1.29, 1.82) is 0 Å². The normalized spacial score (nSPS) is 11.4. The van der Waals surface area contributed by atoms with E-state index < -0.39 is 0 Å². The Kier molecular flexibility index (Phi) is 6.75. The average molecular weight is 262 g/mol. The highest BCUT2D eigenvalue weighted by molar-refractivity contribution is 5.45. The van der Waals surface area contributed by atoms with Crippen molar-refractivity contribution in [3.05, 3.63) is 47.6 Å². The van der Waals surface area contributed by atoms with Crippen molar-refractivity contribution in [3.8, 4) is 11.5 Å². The number of methoxy groups -OCH3 is 1. The van der Waals surface area contributed by atoms with Gasteiger partial charge in [0, 0.05) is 0 Å². The van der Waals surface area contributed by atoms with Crippen molar-refractivity contribution in [2.45, 2.75) is 20.3 Å². The third kappa shape index (κ3) is 5.18. The lowest BCUT2D eigenvalue weighted by Crippen LogP contribution is -1.98. The molecule has 1 aromatic carbocycles. The zero-order chi connectivity index (χ0) is 14.1. The zero-order valence-corrected chi connectivity index (χ0v) is 11.8. The molecule has 3 nitrogen and oxygen atoms in total. The Hall–Kier alpha value is -1.74. The number of hydrogen-bond acceptors (Lipinski definition) is 3. The summed E-state index contributed by atoms with van der Waals surface area (Å²) in [5.74, 6) is 1.77. The molecule has 1 aromatic rings. The number of benzene rings is 1. The predicted molar refractivity (Wildman–Crippen MR) is 77.9 cm³/mol. The molecule has 104 valence electrons. The molecule has 0 radical (unpaired) electrons. The monoisotopic (exact) mass is 262 g/mol. The molecule has 0 heterocycles. The zero-order valence-electron chi connectivity index (χ0n) is 11.8. The lowest BCUT2D eigenvalue weighted by Gasteiger charge is -2.12. The fraction of sp³-hybridized carbons (Fsp3) is 0.375. The van der Waals surface area contributed by atoms with E-state index in [1.807, 2.05) is 44.2 Å². The van der Waals surface area contributed by atoms with Crippen LogP contribution in [0.1, 0.15) is 17.5 Å². The van der Waals surface area contributed by atoms with Gasteiger partial charge >= 0.3 is 0 Å². The fourth-order valence-corrected chi connectivity index (χ4v) is 1.80. The predicted octanol–water partition coefficient (Wildman–Crippen LogP) is 3.19. The molecule has 0 fully saturated rings. The fourth-order valence-electron chi connectivity index (χ4n) is 1.80. The highest BCUT2D eigenvalue weighted by Gasteiger charge is 2.05. The summed E-state index contributed by atoms with van der Waals surface area (Å²) in [5.41, 5.74) is 2.15. The van der Waals surface area contributed by atoms with E-state index in [1.54, 1.807) is 13.2 Å². The minimum absolute atomic E-state index is 0.0918. The van der Waals surface area contributed by atoms with E-state index in [1.165, 1.54) is 0 Å². The molecule has 0 aliphatic carbocycles. The van der Waals surface area contributed by atoms with Crippen molar-refractivity contribution in [1.82, 2.24) is 0 Å². The number of aliphatic hydroxyl groups excluding tert-OH is 1. The lowest BCUT2D eigenvalue weighted by molar-refractivity contribution is 0.342. The molecule has 3 heteroatoms. The highest BCUT2D eigenvalue weighted by atomic mass is 16.5. The smallest absolute Gasteiger partial charge is 0.125 e. The summed E-state index contributed by atoms with van der Waals surface area (Å²) in [6, 6.07) is 3.94. The minimum atomic E-state index is 0.0918. The van der Waals surface area contributed by atoms with E-state index in [2.05, 4.69) is 0 Å². The molecule has 0 unspecified atom stereocenters. The SMILES string of the molecule is COc1cc(C)c(OC/C=C/C/C=C/CO)c(C)c1. The second kappa shape index (κ2) is 8.38. The highest BCUT2D eigenvalue weighted by Crippen LogP contribution is 2.28. The Labute approximate surface area is 115 Å². The van der Waals surface area contributed by atoms with Gasteiger partial charge in [-0.05, 0) is 43.5 Å². The van der Waals surface area contributed by atoms with Gasteiger partial charge in [-0.2, -0.15) is 0 Å². The molecule has 0 aliphatic rings. The maximum absolute atomic E-state index is 8.58. The second-order valence-corrected chi connectivity index (χ2v) is 4.26. The van der Waals surface area contributed by atoms with Gasteiger partial charge in [-0.3, -0.25) is 0 Å². The van der Waals surface area contributed by atoms with Crippen molar-refractivity contribution < 1.29 is 14.6 Å². The number of rotatable bonds is 7. The van der Waals surface area contributed by atoms with Gasteiger partial charge < -0.3 is 14.6 Å². The molecule has 0 amide bonds. The summed E-state index contributed by atoms with van der Waals surface area (Å²) in [6.45, 7) is 4.66. The molecule has 0 saturated carbocycles. The molecule has 0 aromatic heterocycles. The van der Waals surface area contributed by atoms with E-state index >= 15 is 0 Å². The summed E-state index contributed by atoms with van der Waals surface area (Å²) in [5, 5.41) is 8.58. The molecule has 0 aliphatic heterocycles. The van der Waals surface area contributed by atoms with Gasteiger partial charge in [0.25, 0.3) is 0 Å². The molecular formula is C16H22O3. The Balaban J connectivity index is 2.52. The summed E-state index contributed by atoms with van der Waals surface area (Å²) in [6.07, 6.45) is 8.44. The van der Waals surface area contributed by atoms with Gasteiger partial charge in [0.05, 0.1) is 13.7 Å². The van der Waals surface area contributed by atoms with Gasteiger partial charge in [0.15, 0.2) is 0 Å². The maximum atomic E-state index is 8.58. The molecule has 0 bridgehead atoms. The summed E-state index contributed by atoms with van der Waals surface area (Å²) >= 11 is 0. The van der Waals surface area contributed by atoms with Gasteiger partial charge in [0.2, 0.25) is 0 Å². The van der Waals surface area contributed by atoms with E-state index in [0.717, 1.165) is 29.0 Å². The van der Waals surface area contributed by atoms with E-state index in [-0.39, 0.29) is 6.61 Å². The van der Waals surface area contributed by atoms with E-state index in [9.17, 15) is 0 Å². The van der Waals surface area contributed by atoms with Gasteiger partial charge in [0.1, 0.15) is 18.1 Å². The number of allylic oxidation sites excluding steroid dienone is 2. The lowest BCUT2D eigenvalue weighted by atomic mass is 10.1. The molecule has 0 saturated heterocycles. The van der Waals surface area contributed by atoms with Crippen LogP contribution < -0.4 is 9.47 Å².